The first-order valence-electron chi connectivity index (χ1n) is 9.91. The largest absolute Gasteiger partial charge is 0.493 e. The molecule has 32 heavy (non-hydrogen) atoms. The Hall–Kier alpha value is -3.81. The smallest absolute Gasteiger partial charge is 0.416 e. The molecule has 1 aliphatic heterocycles. The first kappa shape index (κ1) is 21.4. The Morgan fingerprint density at radius 2 is 1.66 bits per heavy atom. The Morgan fingerprint density at radius 3 is 2.44 bits per heavy atom. The fraction of sp³-hybridized carbons (Fsp3) is 0.167. The van der Waals surface area contributed by atoms with Crippen LogP contribution in [-0.2, 0) is 23.8 Å². The van der Waals surface area contributed by atoms with Crippen LogP contribution in [0.5, 0.6) is 5.75 Å². The number of alkyl halides is 3. The van der Waals surface area contributed by atoms with Gasteiger partial charge in [0.2, 0.25) is 5.91 Å². The summed E-state index contributed by atoms with van der Waals surface area (Å²) in [5.41, 5.74) is 1.72. The summed E-state index contributed by atoms with van der Waals surface area (Å²) < 4.78 is 44.1. The number of fused-ring (bicyclic) bond motifs is 1. The van der Waals surface area contributed by atoms with Crippen molar-refractivity contribution in [2.24, 2.45) is 0 Å². The molecule has 1 heterocycles. The molecule has 5 nitrogen and oxygen atoms in total. The normalized spacial score (nSPS) is 12.6. The Balaban J connectivity index is 1.40. The molecule has 0 radical (unpaired) electrons. The lowest BCUT2D eigenvalue weighted by atomic mass is 10.1. The van der Waals surface area contributed by atoms with Gasteiger partial charge in [-0.1, -0.05) is 24.3 Å². The average molecular weight is 440 g/mol. The van der Waals surface area contributed by atoms with E-state index in [4.69, 9.17) is 4.74 Å². The van der Waals surface area contributed by atoms with Crippen molar-refractivity contribution in [3.8, 4) is 5.75 Å². The zero-order valence-electron chi connectivity index (χ0n) is 16.8. The number of carbonyl (C=O) groups excluding carboxylic acids is 2. The van der Waals surface area contributed by atoms with E-state index in [0.29, 0.717) is 12.3 Å². The SMILES string of the molecule is O=C(Cc1ccc2c(c1)CCO2)Nc1cccc(C(=O)Nc2cccc(C(F)(F)F)c2)c1. The van der Waals surface area contributed by atoms with E-state index < -0.39 is 17.6 Å². The maximum atomic E-state index is 12.9. The minimum atomic E-state index is -4.50. The fourth-order valence-corrected chi connectivity index (χ4v) is 3.46. The third-order valence-electron chi connectivity index (χ3n) is 4.97. The van der Waals surface area contributed by atoms with Crippen LogP contribution >= 0.6 is 0 Å². The molecule has 0 aliphatic carbocycles. The summed E-state index contributed by atoms with van der Waals surface area (Å²) in [6.45, 7) is 0.639. The summed E-state index contributed by atoms with van der Waals surface area (Å²) in [5.74, 6) is 0.00647. The summed E-state index contributed by atoms with van der Waals surface area (Å²) in [6.07, 6.45) is -3.53. The van der Waals surface area contributed by atoms with Gasteiger partial charge in [0.15, 0.2) is 0 Å². The number of ether oxygens (including phenoxy) is 1. The lowest BCUT2D eigenvalue weighted by Gasteiger charge is -2.11. The zero-order chi connectivity index (χ0) is 22.7. The molecule has 0 saturated carbocycles. The Labute approximate surface area is 182 Å². The molecule has 0 aromatic heterocycles. The van der Waals surface area contributed by atoms with Gasteiger partial charge in [-0.15, -0.1) is 0 Å². The number of hydrogen-bond acceptors (Lipinski definition) is 3. The molecule has 0 unspecified atom stereocenters. The fourth-order valence-electron chi connectivity index (χ4n) is 3.46. The van der Waals surface area contributed by atoms with E-state index in [-0.39, 0.29) is 23.6 Å². The monoisotopic (exact) mass is 440 g/mol. The van der Waals surface area contributed by atoms with Crippen LogP contribution in [0.2, 0.25) is 0 Å². The van der Waals surface area contributed by atoms with Crippen LogP contribution in [0.15, 0.2) is 66.7 Å². The van der Waals surface area contributed by atoms with E-state index in [0.717, 1.165) is 35.4 Å². The van der Waals surface area contributed by atoms with Crippen LogP contribution in [0.4, 0.5) is 24.5 Å². The number of nitrogens with one attached hydrogen (secondary N) is 2. The van der Waals surface area contributed by atoms with Gasteiger partial charge in [-0.25, -0.2) is 0 Å². The predicted molar refractivity (Wildman–Crippen MR) is 114 cm³/mol. The molecule has 2 amide bonds. The second-order valence-corrected chi connectivity index (χ2v) is 7.38. The van der Waals surface area contributed by atoms with Crippen molar-refractivity contribution >= 4 is 23.2 Å². The van der Waals surface area contributed by atoms with E-state index in [1.54, 1.807) is 12.1 Å². The van der Waals surface area contributed by atoms with Gasteiger partial charge in [-0.3, -0.25) is 9.59 Å². The quantitative estimate of drug-likeness (QED) is 0.582. The molecule has 0 spiro atoms. The average Bonchev–Trinajstić information content (AvgIpc) is 3.21. The van der Waals surface area contributed by atoms with Crippen molar-refractivity contribution in [1.82, 2.24) is 0 Å². The molecule has 0 saturated heterocycles. The number of hydrogen-bond donors (Lipinski definition) is 2. The third kappa shape index (κ3) is 5.08. The molecular formula is C24H19F3N2O3. The molecule has 3 aromatic carbocycles. The second kappa shape index (κ2) is 8.74. The standard InChI is InChI=1S/C24H19F3N2O3/c25-24(26,27)18-4-2-6-20(14-18)29-23(31)17-3-1-5-19(13-17)28-22(30)12-15-7-8-21-16(11-15)9-10-32-21/h1-8,11,13-14H,9-10,12H2,(H,28,30)(H,29,31). The van der Waals surface area contributed by atoms with Crippen LogP contribution in [-0.4, -0.2) is 18.4 Å². The highest BCUT2D eigenvalue weighted by atomic mass is 19.4. The first-order valence-corrected chi connectivity index (χ1v) is 9.91. The Kier molecular flexibility index (Phi) is 5.85. The predicted octanol–water partition coefficient (Wildman–Crippen LogP) is 5.07. The molecule has 2 N–H and O–H groups in total. The van der Waals surface area contributed by atoms with Crippen LogP contribution in [0.3, 0.4) is 0 Å². The van der Waals surface area contributed by atoms with Crippen LogP contribution in [0.25, 0.3) is 0 Å². The molecule has 0 atom stereocenters. The minimum absolute atomic E-state index is 0.0276. The van der Waals surface area contributed by atoms with Gasteiger partial charge >= 0.3 is 6.18 Å². The zero-order valence-corrected chi connectivity index (χ0v) is 16.8. The van der Waals surface area contributed by atoms with Gasteiger partial charge in [0.1, 0.15) is 5.75 Å². The van der Waals surface area contributed by atoms with Crippen molar-refractivity contribution in [3.05, 3.63) is 89.0 Å². The molecule has 8 heteroatoms. The summed E-state index contributed by atoms with van der Waals surface area (Å²) in [7, 11) is 0. The second-order valence-electron chi connectivity index (χ2n) is 7.38. The van der Waals surface area contributed by atoms with E-state index in [1.165, 1.54) is 24.3 Å². The molecule has 164 valence electrons. The van der Waals surface area contributed by atoms with E-state index in [1.807, 2.05) is 18.2 Å². The van der Waals surface area contributed by atoms with Crippen LogP contribution < -0.4 is 15.4 Å². The summed E-state index contributed by atoms with van der Waals surface area (Å²) >= 11 is 0. The van der Waals surface area contributed by atoms with E-state index in [9.17, 15) is 22.8 Å². The summed E-state index contributed by atoms with van der Waals surface area (Å²) in [6, 6.07) is 16.2. The summed E-state index contributed by atoms with van der Waals surface area (Å²) in [4.78, 5) is 24.9. The van der Waals surface area contributed by atoms with Crippen molar-refractivity contribution < 1.29 is 27.5 Å². The lowest BCUT2D eigenvalue weighted by molar-refractivity contribution is -0.137. The lowest BCUT2D eigenvalue weighted by Crippen LogP contribution is -2.16. The molecule has 0 bridgehead atoms. The summed E-state index contributed by atoms with van der Waals surface area (Å²) in [5, 5.41) is 5.20. The number of halogens is 3. The Bertz CT molecular complexity index is 1180. The number of benzene rings is 3. The van der Waals surface area contributed by atoms with Gasteiger partial charge in [-0.2, -0.15) is 13.2 Å². The number of amides is 2. The highest BCUT2D eigenvalue weighted by Crippen LogP contribution is 2.31. The van der Waals surface area contributed by atoms with Gasteiger partial charge in [0, 0.05) is 23.4 Å². The van der Waals surface area contributed by atoms with Gasteiger partial charge in [0.25, 0.3) is 5.91 Å². The van der Waals surface area contributed by atoms with Gasteiger partial charge in [-0.05, 0) is 53.6 Å². The van der Waals surface area contributed by atoms with Crippen molar-refractivity contribution in [3.63, 3.8) is 0 Å². The maximum Gasteiger partial charge on any atom is 0.416 e. The molecule has 4 rings (SSSR count). The maximum absolute atomic E-state index is 12.9. The van der Waals surface area contributed by atoms with E-state index in [2.05, 4.69) is 10.6 Å². The molecule has 1 aliphatic rings. The van der Waals surface area contributed by atoms with Crippen molar-refractivity contribution in [2.45, 2.75) is 19.0 Å². The molecule has 3 aromatic rings. The number of anilines is 2. The minimum Gasteiger partial charge on any atom is -0.493 e. The van der Waals surface area contributed by atoms with E-state index >= 15 is 0 Å². The molecular weight excluding hydrogens is 421 g/mol. The third-order valence-corrected chi connectivity index (χ3v) is 4.97. The number of rotatable bonds is 5. The van der Waals surface area contributed by atoms with Gasteiger partial charge in [0.05, 0.1) is 18.6 Å². The Morgan fingerprint density at radius 1 is 0.906 bits per heavy atom. The van der Waals surface area contributed by atoms with Gasteiger partial charge < -0.3 is 15.4 Å². The molecule has 0 fully saturated rings. The van der Waals surface area contributed by atoms with Crippen molar-refractivity contribution in [2.75, 3.05) is 17.2 Å². The first-order chi connectivity index (χ1) is 15.3. The van der Waals surface area contributed by atoms with Crippen molar-refractivity contribution in [1.29, 1.82) is 0 Å². The van der Waals surface area contributed by atoms with Crippen LogP contribution in [0, 0.1) is 0 Å². The number of carbonyl (C=O) groups is 2. The topological polar surface area (TPSA) is 67.4 Å². The van der Waals surface area contributed by atoms with Crippen LogP contribution in [0.1, 0.15) is 27.0 Å². The highest BCUT2D eigenvalue weighted by molar-refractivity contribution is 6.05. The highest BCUT2D eigenvalue weighted by Gasteiger charge is 2.30.